The minimum Gasteiger partial charge on any atom is -0.496 e. The van der Waals surface area contributed by atoms with E-state index in [0.717, 1.165) is 5.56 Å². The predicted molar refractivity (Wildman–Crippen MR) is 85.2 cm³/mol. The lowest BCUT2D eigenvalue weighted by Gasteiger charge is -2.07. The van der Waals surface area contributed by atoms with Crippen LogP contribution in [0.2, 0.25) is 5.02 Å². The van der Waals surface area contributed by atoms with E-state index in [0.29, 0.717) is 17.2 Å². The van der Waals surface area contributed by atoms with Gasteiger partial charge in [0.1, 0.15) is 11.6 Å². The lowest BCUT2D eigenvalue weighted by Crippen LogP contribution is -2.17. The third-order valence-corrected chi connectivity index (χ3v) is 3.23. The summed E-state index contributed by atoms with van der Waals surface area (Å²) in [4.78, 5) is 16.7. The van der Waals surface area contributed by atoms with Crippen LogP contribution in [0, 0.1) is 0 Å². The highest BCUT2D eigenvalue weighted by molar-refractivity contribution is 6.33. The summed E-state index contributed by atoms with van der Waals surface area (Å²) in [6.45, 7) is 0. The van der Waals surface area contributed by atoms with E-state index in [1.807, 2.05) is 24.3 Å². The van der Waals surface area contributed by atoms with Crippen molar-refractivity contribution in [1.29, 1.82) is 0 Å². The molecule has 0 aliphatic rings. The van der Waals surface area contributed by atoms with Gasteiger partial charge in [0, 0.05) is 12.0 Å². The van der Waals surface area contributed by atoms with Crippen molar-refractivity contribution in [2.75, 3.05) is 7.11 Å². The predicted octanol–water partition coefficient (Wildman–Crippen LogP) is 3.02. The summed E-state index contributed by atoms with van der Waals surface area (Å²) in [7, 11) is 1.57. The van der Waals surface area contributed by atoms with E-state index in [-0.39, 0.29) is 11.4 Å². The maximum absolute atomic E-state index is 11.9. The second kappa shape index (κ2) is 7.47. The number of benzene rings is 2. The van der Waals surface area contributed by atoms with Crippen molar-refractivity contribution in [3.8, 4) is 5.75 Å². The molecule has 0 aliphatic heterocycles. The van der Waals surface area contributed by atoms with E-state index in [1.54, 1.807) is 31.4 Å². The highest BCUT2D eigenvalue weighted by atomic mass is 35.5. The topological polar surface area (TPSA) is 73.9 Å². The molecular formula is C16H15ClN2O3. The molecule has 2 aromatic rings. The van der Waals surface area contributed by atoms with Gasteiger partial charge in [-0.15, -0.1) is 0 Å². The highest BCUT2D eigenvalue weighted by Gasteiger charge is 2.12. The quantitative estimate of drug-likeness (QED) is 0.398. The van der Waals surface area contributed by atoms with Crippen LogP contribution in [-0.4, -0.2) is 18.9 Å². The Morgan fingerprint density at radius 1 is 1.18 bits per heavy atom. The number of nitrogens with two attached hydrogens (primary N) is 1. The normalized spacial score (nSPS) is 11.1. The number of carbonyl (C=O) groups excluding carboxylic acids is 1. The van der Waals surface area contributed by atoms with E-state index in [4.69, 9.17) is 26.9 Å². The van der Waals surface area contributed by atoms with Crippen LogP contribution >= 0.6 is 11.6 Å². The Balaban J connectivity index is 2.04. The molecule has 0 aromatic heterocycles. The monoisotopic (exact) mass is 318 g/mol. The SMILES string of the molecule is COc1ccccc1CC(N)=NOC(=O)c1ccccc1Cl. The molecule has 0 amide bonds. The molecule has 5 nitrogen and oxygen atoms in total. The Labute approximate surface area is 133 Å². The number of ether oxygens (including phenoxy) is 1. The van der Waals surface area contributed by atoms with Crippen molar-refractivity contribution in [1.82, 2.24) is 0 Å². The van der Waals surface area contributed by atoms with Gasteiger partial charge in [-0.3, -0.25) is 0 Å². The zero-order chi connectivity index (χ0) is 15.9. The van der Waals surface area contributed by atoms with E-state index in [1.165, 1.54) is 0 Å². The molecule has 22 heavy (non-hydrogen) atoms. The average Bonchev–Trinajstić information content (AvgIpc) is 2.53. The minimum atomic E-state index is -0.659. The van der Waals surface area contributed by atoms with Crippen molar-refractivity contribution >= 4 is 23.4 Å². The summed E-state index contributed by atoms with van der Waals surface area (Å²) in [6, 6.07) is 13.9. The first-order chi connectivity index (χ1) is 10.6. The fraction of sp³-hybridized carbons (Fsp3) is 0.125. The van der Waals surface area contributed by atoms with Gasteiger partial charge in [0.25, 0.3) is 0 Å². The van der Waals surface area contributed by atoms with Crippen LogP contribution in [-0.2, 0) is 11.3 Å². The Hall–Kier alpha value is -2.53. The van der Waals surface area contributed by atoms with Crippen molar-refractivity contribution in [2.45, 2.75) is 6.42 Å². The molecule has 2 aromatic carbocycles. The standard InChI is InChI=1S/C16H15ClN2O3/c1-21-14-9-5-2-6-11(14)10-15(18)19-22-16(20)12-7-3-4-8-13(12)17/h2-9H,10H2,1H3,(H2,18,19). The van der Waals surface area contributed by atoms with Crippen molar-refractivity contribution < 1.29 is 14.4 Å². The number of halogens is 1. The van der Waals surface area contributed by atoms with Gasteiger partial charge in [0.15, 0.2) is 0 Å². The molecule has 6 heteroatoms. The fourth-order valence-electron chi connectivity index (χ4n) is 1.85. The van der Waals surface area contributed by atoms with E-state index in [2.05, 4.69) is 5.16 Å². The average molecular weight is 319 g/mol. The van der Waals surface area contributed by atoms with Crippen LogP contribution in [0.25, 0.3) is 0 Å². The second-order valence-electron chi connectivity index (χ2n) is 4.43. The molecule has 0 atom stereocenters. The number of hydrogen-bond donors (Lipinski definition) is 1. The zero-order valence-electron chi connectivity index (χ0n) is 12.0. The van der Waals surface area contributed by atoms with Gasteiger partial charge in [-0.1, -0.05) is 47.1 Å². The molecule has 0 unspecified atom stereocenters. The minimum absolute atomic E-state index is 0.157. The van der Waals surface area contributed by atoms with Crippen LogP contribution in [0.5, 0.6) is 5.75 Å². The summed E-state index contributed by atoms with van der Waals surface area (Å²) in [6.07, 6.45) is 0.305. The first-order valence-electron chi connectivity index (χ1n) is 6.52. The molecule has 0 aliphatic carbocycles. The van der Waals surface area contributed by atoms with Gasteiger partial charge in [0.2, 0.25) is 0 Å². The maximum Gasteiger partial charge on any atom is 0.367 e. The first-order valence-corrected chi connectivity index (χ1v) is 6.89. The third-order valence-electron chi connectivity index (χ3n) is 2.90. The lowest BCUT2D eigenvalue weighted by molar-refractivity contribution is 0.0515. The van der Waals surface area contributed by atoms with Gasteiger partial charge in [0.05, 0.1) is 17.7 Å². The highest BCUT2D eigenvalue weighted by Crippen LogP contribution is 2.18. The molecule has 0 fully saturated rings. The molecule has 0 saturated carbocycles. The Bertz CT molecular complexity index is 701. The molecule has 0 spiro atoms. The number of oxime groups is 1. The zero-order valence-corrected chi connectivity index (χ0v) is 12.7. The first kappa shape index (κ1) is 15.9. The van der Waals surface area contributed by atoms with Gasteiger partial charge < -0.3 is 15.3 Å². The smallest absolute Gasteiger partial charge is 0.367 e. The molecule has 0 bridgehead atoms. The summed E-state index contributed by atoms with van der Waals surface area (Å²) in [5.41, 5.74) is 6.86. The number of carbonyl (C=O) groups is 1. The van der Waals surface area contributed by atoms with Crippen LogP contribution in [0.3, 0.4) is 0 Å². The van der Waals surface area contributed by atoms with Crippen molar-refractivity contribution in [2.24, 2.45) is 10.9 Å². The largest absolute Gasteiger partial charge is 0.496 e. The van der Waals surface area contributed by atoms with Crippen molar-refractivity contribution in [3.63, 3.8) is 0 Å². The number of para-hydroxylation sites is 1. The van der Waals surface area contributed by atoms with Crippen LogP contribution < -0.4 is 10.5 Å². The van der Waals surface area contributed by atoms with Gasteiger partial charge in [-0.05, 0) is 18.2 Å². The summed E-state index contributed by atoms with van der Waals surface area (Å²) < 4.78 is 5.22. The fourth-order valence-corrected chi connectivity index (χ4v) is 2.07. The van der Waals surface area contributed by atoms with E-state index >= 15 is 0 Å². The van der Waals surface area contributed by atoms with Crippen LogP contribution in [0.15, 0.2) is 53.7 Å². The van der Waals surface area contributed by atoms with E-state index in [9.17, 15) is 4.79 Å². The number of methoxy groups -OCH3 is 1. The summed E-state index contributed by atoms with van der Waals surface area (Å²) >= 11 is 5.91. The summed E-state index contributed by atoms with van der Waals surface area (Å²) in [5, 5.41) is 3.94. The molecule has 2 rings (SSSR count). The molecule has 0 saturated heterocycles. The Morgan fingerprint density at radius 2 is 1.86 bits per heavy atom. The van der Waals surface area contributed by atoms with Crippen LogP contribution in [0.4, 0.5) is 0 Å². The molecule has 114 valence electrons. The number of rotatable bonds is 5. The Morgan fingerprint density at radius 3 is 2.59 bits per heavy atom. The number of amidine groups is 1. The maximum atomic E-state index is 11.9. The Kier molecular flexibility index (Phi) is 5.38. The number of hydrogen-bond acceptors (Lipinski definition) is 4. The van der Waals surface area contributed by atoms with Crippen molar-refractivity contribution in [3.05, 3.63) is 64.7 Å². The third kappa shape index (κ3) is 3.99. The molecule has 0 heterocycles. The second-order valence-corrected chi connectivity index (χ2v) is 4.84. The molecule has 2 N–H and O–H groups in total. The molecular weight excluding hydrogens is 304 g/mol. The van der Waals surface area contributed by atoms with Gasteiger partial charge in [-0.2, -0.15) is 0 Å². The summed E-state index contributed by atoms with van der Waals surface area (Å²) in [5.74, 6) is 0.191. The van der Waals surface area contributed by atoms with Gasteiger partial charge >= 0.3 is 5.97 Å². The van der Waals surface area contributed by atoms with Gasteiger partial charge in [-0.25, -0.2) is 4.79 Å². The van der Waals surface area contributed by atoms with Crippen LogP contribution in [0.1, 0.15) is 15.9 Å². The van der Waals surface area contributed by atoms with E-state index < -0.39 is 5.97 Å². The molecule has 0 radical (unpaired) electrons. The number of nitrogens with zero attached hydrogens (tertiary/aromatic N) is 1. The lowest BCUT2D eigenvalue weighted by atomic mass is 10.1.